The molecule has 1 N–H and O–H groups in total. The molecule has 0 saturated heterocycles. The topological polar surface area (TPSA) is 58.6 Å². The molecule has 0 spiro atoms. The van der Waals surface area contributed by atoms with E-state index in [4.69, 9.17) is 16.3 Å². The predicted octanol–water partition coefficient (Wildman–Crippen LogP) is 3.91. The molecule has 136 valence electrons. The van der Waals surface area contributed by atoms with Gasteiger partial charge in [-0.3, -0.25) is 4.79 Å². The number of rotatable bonds is 5. The van der Waals surface area contributed by atoms with Crippen molar-refractivity contribution in [2.75, 3.05) is 23.3 Å². The van der Waals surface area contributed by atoms with E-state index in [1.165, 1.54) is 0 Å². The van der Waals surface area contributed by atoms with Crippen LogP contribution in [0.15, 0.2) is 42.5 Å². The summed E-state index contributed by atoms with van der Waals surface area (Å²) in [4.78, 5) is 26.8. The summed E-state index contributed by atoms with van der Waals surface area (Å²) in [5, 5.41) is 3.29. The highest BCUT2D eigenvalue weighted by Gasteiger charge is 2.31. The van der Waals surface area contributed by atoms with Gasteiger partial charge in [-0.25, -0.2) is 4.79 Å². The van der Waals surface area contributed by atoms with Crippen LogP contribution in [0.4, 0.5) is 11.4 Å². The number of hydrogen-bond acceptors (Lipinski definition) is 4. The maximum atomic E-state index is 12.5. The fourth-order valence-electron chi connectivity index (χ4n) is 3.06. The number of esters is 1. The van der Waals surface area contributed by atoms with Crippen molar-refractivity contribution in [3.63, 3.8) is 0 Å². The second-order valence-corrected chi connectivity index (χ2v) is 6.54. The van der Waals surface area contributed by atoms with Crippen molar-refractivity contribution in [3.8, 4) is 0 Å². The Bertz CT molecular complexity index is 816. The molecule has 0 saturated carbocycles. The number of ether oxygens (including phenoxy) is 1. The first kappa shape index (κ1) is 18.3. The van der Waals surface area contributed by atoms with E-state index < -0.39 is 12.1 Å². The van der Waals surface area contributed by atoms with Crippen LogP contribution in [0.5, 0.6) is 0 Å². The smallest absolute Gasteiger partial charge is 0.339 e. The van der Waals surface area contributed by atoms with Crippen molar-refractivity contribution >= 4 is 34.9 Å². The zero-order valence-corrected chi connectivity index (χ0v) is 15.5. The van der Waals surface area contributed by atoms with Crippen LogP contribution in [0.2, 0.25) is 5.02 Å². The first-order valence-corrected chi connectivity index (χ1v) is 9.05. The van der Waals surface area contributed by atoms with Gasteiger partial charge in [0.2, 0.25) is 0 Å². The molecular formula is C20H21ClN2O3. The average Bonchev–Trinajstić information content (AvgIpc) is 2.64. The number of hydrogen-bond donors (Lipinski definition) is 1. The minimum Gasteiger partial charge on any atom is -0.448 e. The number of amides is 1. The third-order valence-electron chi connectivity index (χ3n) is 4.50. The van der Waals surface area contributed by atoms with Gasteiger partial charge >= 0.3 is 5.97 Å². The normalized spacial score (nSPS) is 15.8. The molecule has 1 heterocycles. The van der Waals surface area contributed by atoms with Crippen LogP contribution in [0, 0.1) is 0 Å². The average molecular weight is 373 g/mol. The van der Waals surface area contributed by atoms with Crippen molar-refractivity contribution in [2.45, 2.75) is 26.4 Å². The highest BCUT2D eigenvalue weighted by atomic mass is 35.5. The Morgan fingerprint density at radius 2 is 1.88 bits per heavy atom. The monoisotopic (exact) mass is 372 g/mol. The van der Waals surface area contributed by atoms with Crippen molar-refractivity contribution < 1.29 is 14.3 Å². The highest BCUT2D eigenvalue weighted by Crippen LogP contribution is 2.25. The summed E-state index contributed by atoms with van der Waals surface area (Å²) < 4.78 is 5.28. The minimum absolute atomic E-state index is 0.335. The molecule has 1 aliphatic rings. The number of fused-ring (bicyclic) bond motifs is 1. The fourth-order valence-corrected chi connectivity index (χ4v) is 3.24. The summed E-state index contributed by atoms with van der Waals surface area (Å²) in [6.45, 7) is 6.04. The maximum Gasteiger partial charge on any atom is 0.339 e. The van der Waals surface area contributed by atoms with Gasteiger partial charge in [-0.2, -0.15) is 0 Å². The standard InChI is InChI=1S/C20H21ClN2O3/c1-3-23(4-2)16-9-7-15(8-10-16)22-19(24)18-11-13-5-6-14(21)12-17(13)20(25)26-18/h5-10,12,18H,3-4,11H2,1-2H3,(H,22,24)/t18-/m1/s1. The number of carbonyl (C=O) groups is 2. The van der Waals surface area contributed by atoms with Crippen molar-refractivity contribution in [2.24, 2.45) is 0 Å². The van der Waals surface area contributed by atoms with E-state index in [1.54, 1.807) is 18.2 Å². The Morgan fingerprint density at radius 1 is 1.19 bits per heavy atom. The van der Waals surface area contributed by atoms with Crippen LogP contribution in [-0.4, -0.2) is 31.1 Å². The molecule has 6 heteroatoms. The van der Waals surface area contributed by atoms with Gasteiger partial charge in [-0.1, -0.05) is 17.7 Å². The first-order chi connectivity index (χ1) is 12.5. The van der Waals surface area contributed by atoms with E-state index in [1.807, 2.05) is 24.3 Å². The number of carbonyl (C=O) groups excluding carboxylic acids is 2. The molecule has 0 aromatic heterocycles. The molecular weight excluding hydrogens is 352 g/mol. The molecule has 0 fully saturated rings. The summed E-state index contributed by atoms with van der Waals surface area (Å²) in [5.74, 6) is -0.861. The number of nitrogens with zero attached hydrogens (tertiary/aromatic N) is 1. The van der Waals surface area contributed by atoms with Gasteiger partial charge in [0.1, 0.15) is 0 Å². The Balaban J connectivity index is 1.69. The number of halogens is 1. The van der Waals surface area contributed by atoms with E-state index in [0.29, 0.717) is 22.7 Å². The third-order valence-corrected chi connectivity index (χ3v) is 4.74. The van der Waals surface area contributed by atoms with Crippen molar-refractivity contribution in [1.82, 2.24) is 0 Å². The molecule has 2 aromatic rings. The Kier molecular flexibility index (Phi) is 5.47. The van der Waals surface area contributed by atoms with Crippen LogP contribution in [0.25, 0.3) is 0 Å². The van der Waals surface area contributed by atoms with E-state index in [-0.39, 0.29) is 5.91 Å². The van der Waals surface area contributed by atoms with E-state index in [0.717, 1.165) is 24.3 Å². The van der Waals surface area contributed by atoms with Crippen LogP contribution in [0.1, 0.15) is 29.8 Å². The van der Waals surface area contributed by atoms with Gasteiger partial charge in [-0.05, 0) is 55.8 Å². The van der Waals surface area contributed by atoms with Crippen molar-refractivity contribution in [1.29, 1.82) is 0 Å². The number of cyclic esters (lactones) is 1. The summed E-state index contributed by atoms with van der Waals surface area (Å²) in [5.41, 5.74) is 2.96. The van der Waals surface area contributed by atoms with E-state index >= 15 is 0 Å². The molecule has 5 nitrogen and oxygen atoms in total. The zero-order valence-electron chi connectivity index (χ0n) is 14.8. The Morgan fingerprint density at radius 3 is 2.54 bits per heavy atom. The molecule has 3 rings (SSSR count). The lowest BCUT2D eigenvalue weighted by atomic mass is 9.98. The van der Waals surface area contributed by atoms with E-state index in [9.17, 15) is 9.59 Å². The van der Waals surface area contributed by atoms with Crippen LogP contribution < -0.4 is 10.2 Å². The summed E-state index contributed by atoms with van der Waals surface area (Å²) in [6.07, 6.45) is -0.514. The van der Waals surface area contributed by atoms with Gasteiger partial charge < -0.3 is 15.0 Å². The van der Waals surface area contributed by atoms with E-state index in [2.05, 4.69) is 24.1 Å². The number of nitrogens with one attached hydrogen (secondary N) is 1. The molecule has 0 unspecified atom stereocenters. The quantitative estimate of drug-likeness (QED) is 0.808. The van der Waals surface area contributed by atoms with Crippen LogP contribution >= 0.6 is 11.6 Å². The summed E-state index contributed by atoms with van der Waals surface area (Å²) in [7, 11) is 0. The molecule has 1 aliphatic heterocycles. The lowest BCUT2D eigenvalue weighted by molar-refractivity contribution is -0.125. The number of anilines is 2. The highest BCUT2D eigenvalue weighted by molar-refractivity contribution is 6.31. The second kappa shape index (κ2) is 7.79. The summed E-state index contributed by atoms with van der Waals surface area (Å²) in [6, 6.07) is 12.7. The van der Waals surface area contributed by atoms with Crippen LogP contribution in [0.3, 0.4) is 0 Å². The SMILES string of the molecule is CCN(CC)c1ccc(NC(=O)[C@H]2Cc3ccc(Cl)cc3C(=O)O2)cc1. The lowest BCUT2D eigenvalue weighted by Crippen LogP contribution is -2.38. The van der Waals surface area contributed by atoms with Crippen LogP contribution in [-0.2, 0) is 16.0 Å². The Hall–Kier alpha value is -2.53. The van der Waals surface area contributed by atoms with Gasteiger partial charge in [0.15, 0.2) is 6.10 Å². The van der Waals surface area contributed by atoms with Gasteiger partial charge in [-0.15, -0.1) is 0 Å². The molecule has 2 aromatic carbocycles. The maximum absolute atomic E-state index is 12.5. The Labute approximate surface area is 157 Å². The third kappa shape index (κ3) is 3.83. The predicted molar refractivity (Wildman–Crippen MR) is 103 cm³/mol. The lowest BCUT2D eigenvalue weighted by Gasteiger charge is -2.24. The zero-order chi connectivity index (χ0) is 18.7. The van der Waals surface area contributed by atoms with Gasteiger partial charge in [0.25, 0.3) is 5.91 Å². The largest absolute Gasteiger partial charge is 0.448 e. The second-order valence-electron chi connectivity index (χ2n) is 6.11. The van der Waals surface area contributed by atoms with Gasteiger partial charge in [0.05, 0.1) is 5.56 Å². The minimum atomic E-state index is -0.848. The molecule has 1 amide bonds. The molecule has 1 atom stereocenters. The fraction of sp³-hybridized carbons (Fsp3) is 0.300. The molecule has 0 aliphatic carbocycles. The first-order valence-electron chi connectivity index (χ1n) is 8.67. The number of benzene rings is 2. The van der Waals surface area contributed by atoms with Gasteiger partial charge in [0, 0.05) is 35.9 Å². The summed E-state index contributed by atoms with van der Waals surface area (Å²) >= 11 is 5.91. The van der Waals surface area contributed by atoms with Crippen molar-refractivity contribution in [3.05, 3.63) is 58.6 Å². The molecule has 0 bridgehead atoms. The molecule has 0 radical (unpaired) electrons. The molecule has 26 heavy (non-hydrogen) atoms.